The molecule has 3 nitrogen and oxygen atoms in total. The number of carbonyl (C=O) groups excluding carboxylic acids is 1. The molecule has 0 aliphatic heterocycles. The second kappa shape index (κ2) is 8.45. The summed E-state index contributed by atoms with van der Waals surface area (Å²) in [6.45, 7) is 0. The Balaban J connectivity index is 1.62. The number of halogens is 1. The molecule has 1 aliphatic carbocycles. The lowest BCUT2D eigenvalue weighted by Gasteiger charge is -2.19. The largest absolute Gasteiger partial charge is 0.325 e. The van der Waals surface area contributed by atoms with E-state index >= 15 is 0 Å². The van der Waals surface area contributed by atoms with Crippen LogP contribution in [0.3, 0.4) is 0 Å². The summed E-state index contributed by atoms with van der Waals surface area (Å²) in [5.41, 5.74) is 3.74. The predicted octanol–water partition coefficient (Wildman–Crippen LogP) is 6.62. The second-order valence-corrected chi connectivity index (χ2v) is 8.34. The Morgan fingerprint density at radius 3 is 2.47 bits per heavy atom. The van der Waals surface area contributed by atoms with Gasteiger partial charge in [0, 0.05) is 21.9 Å². The Morgan fingerprint density at radius 1 is 0.906 bits per heavy atom. The van der Waals surface area contributed by atoms with E-state index in [0.717, 1.165) is 33.2 Å². The van der Waals surface area contributed by atoms with Crippen molar-refractivity contribution in [1.29, 1.82) is 0 Å². The highest BCUT2D eigenvalue weighted by Gasteiger charge is 2.23. The van der Waals surface area contributed by atoms with Gasteiger partial charge in [-0.05, 0) is 53.0 Å². The summed E-state index contributed by atoms with van der Waals surface area (Å²) in [5, 5.41) is 2.95. The Labute approximate surface area is 190 Å². The van der Waals surface area contributed by atoms with Gasteiger partial charge in [0.25, 0.3) is 5.56 Å². The van der Waals surface area contributed by atoms with Crippen LogP contribution in [0.5, 0.6) is 0 Å². The third kappa shape index (κ3) is 3.83. The number of allylic oxidation sites excluding steroid dienone is 2. The van der Waals surface area contributed by atoms with Crippen LogP contribution >= 0.6 is 11.6 Å². The molecule has 0 unspecified atom stereocenters. The molecule has 0 radical (unpaired) electrons. The van der Waals surface area contributed by atoms with Crippen LogP contribution in [0.1, 0.15) is 33.6 Å². The Bertz CT molecular complexity index is 1460. The van der Waals surface area contributed by atoms with Crippen molar-refractivity contribution in [3.8, 4) is 11.1 Å². The van der Waals surface area contributed by atoms with Gasteiger partial charge in [-0.3, -0.25) is 9.59 Å². The minimum atomic E-state index is -0.373. The number of ketones is 1. The highest BCUT2D eigenvalue weighted by Crippen LogP contribution is 2.34. The molecule has 0 fully saturated rings. The number of benzene rings is 3. The number of fused-ring (bicyclic) bond motifs is 2. The number of aromatic nitrogens is 1. The third-order valence-corrected chi connectivity index (χ3v) is 6.06. The van der Waals surface area contributed by atoms with Crippen molar-refractivity contribution in [2.24, 2.45) is 0 Å². The molecule has 1 heterocycles. The Kier molecular flexibility index (Phi) is 5.34. The molecule has 1 aliphatic rings. The molecule has 32 heavy (non-hydrogen) atoms. The number of aromatic amines is 1. The summed E-state index contributed by atoms with van der Waals surface area (Å²) >= 11 is 6.33. The highest BCUT2D eigenvalue weighted by atomic mass is 35.5. The first kappa shape index (κ1) is 20.2. The fraction of sp³-hybridized carbons (Fsp3) is 0.0714. The molecule has 0 bridgehead atoms. The zero-order chi connectivity index (χ0) is 22.1. The van der Waals surface area contributed by atoms with E-state index in [4.69, 9.17) is 11.6 Å². The van der Waals surface area contributed by atoms with Gasteiger partial charge in [-0.1, -0.05) is 84.4 Å². The topological polar surface area (TPSA) is 49.9 Å². The predicted molar refractivity (Wildman–Crippen MR) is 132 cm³/mol. The monoisotopic (exact) mass is 437 g/mol. The molecule has 4 aromatic rings. The fourth-order valence-electron chi connectivity index (χ4n) is 4.20. The summed E-state index contributed by atoms with van der Waals surface area (Å²) in [6.07, 6.45) is 6.41. The van der Waals surface area contributed by atoms with Crippen LogP contribution in [-0.2, 0) is 6.42 Å². The Morgan fingerprint density at radius 2 is 1.66 bits per heavy atom. The summed E-state index contributed by atoms with van der Waals surface area (Å²) in [4.78, 5) is 29.3. The normalized spacial score (nSPS) is 13.2. The van der Waals surface area contributed by atoms with Crippen LogP contribution < -0.4 is 5.56 Å². The molecule has 156 valence electrons. The number of rotatable bonds is 4. The number of carbonyl (C=O) groups is 1. The van der Waals surface area contributed by atoms with Crippen LogP contribution in [0.4, 0.5) is 0 Å². The molecule has 0 atom stereocenters. The van der Waals surface area contributed by atoms with Gasteiger partial charge in [-0.2, -0.15) is 0 Å². The molecule has 0 spiro atoms. The van der Waals surface area contributed by atoms with Crippen LogP contribution in [0.15, 0.2) is 88.7 Å². The van der Waals surface area contributed by atoms with Crippen LogP contribution in [0.2, 0.25) is 0 Å². The smallest absolute Gasteiger partial charge is 0.260 e. The molecular weight excluding hydrogens is 418 g/mol. The first-order valence-electron chi connectivity index (χ1n) is 10.5. The van der Waals surface area contributed by atoms with Crippen molar-refractivity contribution in [1.82, 2.24) is 4.98 Å². The van der Waals surface area contributed by atoms with Crippen LogP contribution in [0.25, 0.3) is 34.1 Å². The minimum absolute atomic E-state index is 0.134. The van der Waals surface area contributed by atoms with E-state index in [2.05, 4.69) is 4.98 Å². The average molecular weight is 438 g/mol. The molecule has 0 saturated heterocycles. The lowest BCUT2D eigenvalue weighted by Crippen LogP contribution is -2.22. The average Bonchev–Trinajstić information content (AvgIpc) is 2.82. The first-order valence-corrected chi connectivity index (χ1v) is 10.9. The zero-order valence-electron chi connectivity index (χ0n) is 17.3. The molecule has 5 rings (SSSR count). The standard InChI is InChI=1S/C28H20ClNO2/c29-22-13-14-24-23(17-22)26(20-7-2-1-3-8-20)27(28(32)30-24)25(31)15-11-18-10-12-19-6-4-5-9-21(19)16-18/h1-12,15-17H,13-14H2,(H,30,32). The molecule has 0 amide bonds. The molecule has 1 N–H and O–H groups in total. The molecular formula is C28H20ClNO2. The van der Waals surface area contributed by atoms with Crippen molar-refractivity contribution >= 4 is 40.3 Å². The number of hydrogen-bond acceptors (Lipinski definition) is 2. The van der Waals surface area contributed by atoms with Gasteiger partial charge >= 0.3 is 0 Å². The summed E-state index contributed by atoms with van der Waals surface area (Å²) in [5.74, 6) is -0.337. The maximum Gasteiger partial charge on any atom is 0.260 e. The van der Waals surface area contributed by atoms with Gasteiger partial charge in [-0.15, -0.1) is 0 Å². The fourth-order valence-corrected chi connectivity index (χ4v) is 4.41. The van der Waals surface area contributed by atoms with Gasteiger partial charge in [0.05, 0.1) is 5.56 Å². The number of hydrogen-bond donors (Lipinski definition) is 1. The zero-order valence-corrected chi connectivity index (χ0v) is 18.0. The summed E-state index contributed by atoms with van der Waals surface area (Å²) in [7, 11) is 0. The minimum Gasteiger partial charge on any atom is -0.325 e. The van der Waals surface area contributed by atoms with Gasteiger partial charge in [-0.25, -0.2) is 0 Å². The van der Waals surface area contributed by atoms with E-state index in [-0.39, 0.29) is 16.9 Å². The summed E-state index contributed by atoms with van der Waals surface area (Å²) < 4.78 is 0. The van der Waals surface area contributed by atoms with E-state index in [1.165, 1.54) is 6.08 Å². The number of nitrogens with one attached hydrogen (secondary N) is 1. The van der Waals surface area contributed by atoms with Gasteiger partial charge in [0.1, 0.15) is 0 Å². The van der Waals surface area contributed by atoms with E-state index in [0.29, 0.717) is 23.4 Å². The molecule has 3 aromatic carbocycles. The first-order chi connectivity index (χ1) is 15.6. The van der Waals surface area contributed by atoms with E-state index < -0.39 is 0 Å². The SMILES string of the molecule is O=C(C=Cc1ccc2ccccc2c1)c1c(-c2ccccc2)c2c([nH]c1=O)CCC(Cl)=C2. The molecule has 1 aromatic heterocycles. The Hall–Kier alpha value is -3.69. The van der Waals surface area contributed by atoms with Crippen molar-refractivity contribution in [2.75, 3.05) is 0 Å². The van der Waals surface area contributed by atoms with Crippen molar-refractivity contribution in [3.63, 3.8) is 0 Å². The van der Waals surface area contributed by atoms with Crippen molar-refractivity contribution in [3.05, 3.63) is 117 Å². The third-order valence-electron chi connectivity index (χ3n) is 5.76. The maximum absolute atomic E-state index is 13.3. The highest BCUT2D eigenvalue weighted by molar-refractivity contribution is 6.32. The maximum atomic E-state index is 13.3. The second-order valence-electron chi connectivity index (χ2n) is 7.86. The van der Waals surface area contributed by atoms with Crippen molar-refractivity contribution in [2.45, 2.75) is 12.8 Å². The number of pyridine rings is 1. The van der Waals surface area contributed by atoms with Crippen molar-refractivity contribution < 1.29 is 4.79 Å². The van der Waals surface area contributed by atoms with Crippen LogP contribution in [0, 0.1) is 0 Å². The van der Waals surface area contributed by atoms with Gasteiger partial charge in [0.15, 0.2) is 5.78 Å². The number of H-pyrrole nitrogens is 1. The van der Waals surface area contributed by atoms with E-state index in [1.54, 1.807) is 6.08 Å². The molecule has 4 heteroatoms. The quantitative estimate of drug-likeness (QED) is 0.288. The molecule has 0 saturated carbocycles. The van der Waals surface area contributed by atoms with Crippen LogP contribution in [-0.4, -0.2) is 10.8 Å². The van der Waals surface area contributed by atoms with Gasteiger partial charge < -0.3 is 4.98 Å². The lowest BCUT2D eigenvalue weighted by molar-refractivity contribution is 0.104. The van der Waals surface area contributed by atoms with E-state index in [1.807, 2.05) is 78.9 Å². The van der Waals surface area contributed by atoms with Gasteiger partial charge in [0.2, 0.25) is 0 Å². The van der Waals surface area contributed by atoms with E-state index in [9.17, 15) is 9.59 Å². The lowest BCUT2D eigenvalue weighted by atomic mass is 9.89. The summed E-state index contributed by atoms with van der Waals surface area (Å²) in [6, 6.07) is 23.6. The number of aryl methyl sites for hydroxylation is 1.